The molecule has 0 aromatic carbocycles. The van der Waals surface area contributed by atoms with Crippen molar-refractivity contribution >= 4 is 0 Å². The van der Waals surface area contributed by atoms with Gasteiger partial charge in [0.15, 0.2) is 0 Å². The highest BCUT2D eigenvalue weighted by Crippen LogP contribution is 2.15. The molecule has 3 heteroatoms. The lowest BCUT2D eigenvalue weighted by atomic mass is 10.0. The first-order chi connectivity index (χ1) is 5.36. The SMILES string of the molecule is CNC1CCC(CCN)OC1. The molecule has 0 aliphatic carbocycles. The Kier molecular flexibility index (Phi) is 3.83. The minimum Gasteiger partial charge on any atom is -0.377 e. The van der Waals surface area contributed by atoms with Crippen LogP contribution in [-0.4, -0.2) is 32.3 Å². The molecule has 0 radical (unpaired) electrons. The van der Waals surface area contributed by atoms with Crippen LogP contribution in [-0.2, 0) is 4.74 Å². The molecule has 0 amide bonds. The maximum Gasteiger partial charge on any atom is 0.0623 e. The van der Waals surface area contributed by atoms with Crippen LogP contribution in [0.1, 0.15) is 19.3 Å². The van der Waals surface area contributed by atoms with Crippen molar-refractivity contribution < 1.29 is 4.74 Å². The summed E-state index contributed by atoms with van der Waals surface area (Å²) in [7, 11) is 1.98. The smallest absolute Gasteiger partial charge is 0.0623 e. The molecule has 0 saturated carbocycles. The van der Waals surface area contributed by atoms with E-state index in [1.165, 1.54) is 6.42 Å². The molecular weight excluding hydrogens is 140 g/mol. The van der Waals surface area contributed by atoms with Crippen molar-refractivity contribution in [2.75, 3.05) is 20.2 Å². The second-order valence-electron chi connectivity index (χ2n) is 3.10. The maximum atomic E-state index is 5.58. The van der Waals surface area contributed by atoms with Gasteiger partial charge < -0.3 is 15.8 Å². The fourth-order valence-corrected chi connectivity index (χ4v) is 1.45. The molecule has 1 aliphatic rings. The minimum absolute atomic E-state index is 0.421. The number of hydrogen-bond donors (Lipinski definition) is 2. The zero-order chi connectivity index (χ0) is 8.10. The third kappa shape index (κ3) is 2.77. The Balaban J connectivity index is 2.14. The first-order valence-corrected chi connectivity index (χ1v) is 4.35. The Morgan fingerprint density at radius 2 is 2.36 bits per heavy atom. The average Bonchev–Trinajstić information content (AvgIpc) is 2.07. The summed E-state index contributed by atoms with van der Waals surface area (Å²) in [6.45, 7) is 1.59. The van der Waals surface area contributed by atoms with Crippen LogP contribution in [0.2, 0.25) is 0 Å². The van der Waals surface area contributed by atoms with Crippen LogP contribution in [0.15, 0.2) is 0 Å². The summed E-state index contributed by atoms with van der Waals surface area (Å²) in [5, 5.41) is 3.21. The normalized spacial score (nSPS) is 32.2. The third-order valence-electron chi connectivity index (χ3n) is 2.27. The number of nitrogens with one attached hydrogen (secondary N) is 1. The van der Waals surface area contributed by atoms with Crippen LogP contribution in [0.4, 0.5) is 0 Å². The lowest BCUT2D eigenvalue weighted by Crippen LogP contribution is -2.38. The van der Waals surface area contributed by atoms with Crippen molar-refractivity contribution in [1.29, 1.82) is 0 Å². The van der Waals surface area contributed by atoms with Crippen LogP contribution in [0.25, 0.3) is 0 Å². The van der Waals surface area contributed by atoms with Crippen LogP contribution in [0, 0.1) is 0 Å². The number of nitrogens with two attached hydrogens (primary N) is 1. The standard InChI is InChI=1S/C8H18N2O/c1-10-7-2-3-8(4-5-9)11-6-7/h7-8,10H,2-6,9H2,1H3. The predicted molar refractivity (Wildman–Crippen MR) is 45.5 cm³/mol. The van der Waals surface area contributed by atoms with Gasteiger partial charge in [-0.1, -0.05) is 0 Å². The molecule has 0 spiro atoms. The summed E-state index contributed by atoms with van der Waals surface area (Å²) in [4.78, 5) is 0. The molecule has 2 unspecified atom stereocenters. The Hall–Kier alpha value is -0.120. The quantitative estimate of drug-likeness (QED) is 0.612. The molecule has 3 N–H and O–H groups in total. The first-order valence-electron chi connectivity index (χ1n) is 4.35. The fourth-order valence-electron chi connectivity index (χ4n) is 1.45. The summed E-state index contributed by atoms with van der Waals surface area (Å²) < 4.78 is 5.58. The van der Waals surface area contributed by atoms with Gasteiger partial charge >= 0.3 is 0 Å². The molecule has 1 saturated heterocycles. The van der Waals surface area contributed by atoms with Gasteiger partial charge in [0.25, 0.3) is 0 Å². The Labute approximate surface area is 68.3 Å². The molecule has 1 rings (SSSR count). The van der Waals surface area contributed by atoms with Gasteiger partial charge in [-0.25, -0.2) is 0 Å². The predicted octanol–water partition coefficient (Wildman–Crippen LogP) is 0.102. The highest BCUT2D eigenvalue weighted by molar-refractivity contribution is 4.73. The fraction of sp³-hybridized carbons (Fsp3) is 1.00. The highest BCUT2D eigenvalue weighted by Gasteiger charge is 2.19. The lowest BCUT2D eigenvalue weighted by Gasteiger charge is -2.28. The zero-order valence-electron chi connectivity index (χ0n) is 7.18. The molecule has 1 aliphatic heterocycles. The van der Waals surface area contributed by atoms with E-state index in [-0.39, 0.29) is 0 Å². The van der Waals surface area contributed by atoms with Crippen molar-refractivity contribution in [2.24, 2.45) is 5.73 Å². The highest BCUT2D eigenvalue weighted by atomic mass is 16.5. The monoisotopic (exact) mass is 158 g/mol. The van der Waals surface area contributed by atoms with Gasteiger partial charge in [-0.05, 0) is 32.9 Å². The summed E-state index contributed by atoms with van der Waals surface area (Å²) >= 11 is 0. The van der Waals surface area contributed by atoms with Gasteiger partial charge in [-0.15, -0.1) is 0 Å². The lowest BCUT2D eigenvalue weighted by molar-refractivity contribution is -0.00387. The van der Waals surface area contributed by atoms with E-state index in [0.717, 1.165) is 26.0 Å². The summed E-state index contributed by atoms with van der Waals surface area (Å²) in [5.41, 5.74) is 5.43. The second kappa shape index (κ2) is 4.70. The van der Waals surface area contributed by atoms with Gasteiger partial charge in [-0.3, -0.25) is 0 Å². The third-order valence-corrected chi connectivity index (χ3v) is 2.27. The van der Waals surface area contributed by atoms with Crippen molar-refractivity contribution in [1.82, 2.24) is 5.32 Å². The van der Waals surface area contributed by atoms with Gasteiger partial charge in [0, 0.05) is 6.04 Å². The van der Waals surface area contributed by atoms with Crippen molar-refractivity contribution in [3.8, 4) is 0 Å². The van der Waals surface area contributed by atoms with E-state index >= 15 is 0 Å². The Morgan fingerprint density at radius 3 is 2.82 bits per heavy atom. The molecule has 2 atom stereocenters. The van der Waals surface area contributed by atoms with Gasteiger partial charge in [0.05, 0.1) is 12.7 Å². The van der Waals surface area contributed by atoms with Crippen LogP contribution >= 0.6 is 0 Å². The van der Waals surface area contributed by atoms with Crippen molar-refractivity contribution in [3.63, 3.8) is 0 Å². The van der Waals surface area contributed by atoms with E-state index in [1.807, 2.05) is 7.05 Å². The topological polar surface area (TPSA) is 47.3 Å². The van der Waals surface area contributed by atoms with E-state index < -0.39 is 0 Å². The van der Waals surface area contributed by atoms with Crippen molar-refractivity contribution in [2.45, 2.75) is 31.4 Å². The molecule has 1 heterocycles. The minimum atomic E-state index is 0.421. The number of ether oxygens (including phenoxy) is 1. The maximum absolute atomic E-state index is 5.58. The molecule has 0 bridgehead atoms. The Morgan fingerprint density at radius 1 is 1.55 bits per heavy atom. The molecule has 3 nitrogen and oxygen atoms in total. The average molecular weight is 158 g/mol. The second-order valence-corrected chi connectivity index (χ2v) is 3.10. The van der Waals surface area contributed by atoms with Gasteiger partial charge in [0.1, 0.15) is 0 Å². The summed E-state index contributed by atoms with van der Waals surface area (Å²) in [5.74, 6) is 0. The number of rotatable bonds is 3. The van der Waals surface area contributed by atoms with E-state index in [2.05, 4.69) is 5.32 Å². The molecule has 1 fully saturated rings. The van der Waals surface area contributed by atoms with Gasteiger partial charge in [-0.2, -0.15) is 0 Å². The van der Waals surface area contributed by atoms with E-state index in [4.69, 9.17) is 10.5 Å². The van der Waals surface area contributed by atoms with Gasteiger partial charge in [0.2, 0.25) is 0 Å². The van der Waals surface area contributed by atoms with E-state index in [0.29, 0.717) is 12.1 Å². The Bertz CT molecular complexity index is 100. The number of hydrogen-bond acceptors (Lipinski definition) is 3. The summed E-state index contributed by atoms with van der Waals surface area (Å²) in [6.07, 6.45) is 3.81. The molecule has 11 heavy (non-hydrogen) atoms. The molecule has 0 aromatic heterocycles. The van der Waals surface area contributed by atoms with E-state index in [9.17, 15) is 0 Å². The number of likely N-dealkylation sites (N-methyl/N-ethyl adjacent to an activating group) is 1. The molecular formula is C8H18N2O. The summed E-state index contributed by atoms with van der Waals surface area (Å²) in [6, 6.07) is 0.559. The largest absolute Gasteiger partial charge is 0.377 e. The van der Waals surface area contributed by atoms with E-state index in [1.54, 1.807) is 0 Å². The molecule has 0 aromatic rings. The molecule has 66 valence electrons. The van der Waals surface area contributed by atoms with Crippen molar-refractivity contribution in [3.05, 3.63) is 0 Å². The zero-order valence-corrected chi connectivity index (χ0v) is 7.18. The van der Waals surface area contributed by atoms with Crippen LogP contribution in [0.3, 0.4) is 0 Å². The first kappa shape index (κ1) is 8.97. The van der Waals surface area contributed by atoms with Crippen LogP contribution < -0.4 is 11.1 Å². The van der Waals surface area contributed by atoms with Crippen LogP contribution in [0.5, 0.6) is 0 Å².